The number of halogens is 4. The highest BCUT2D eigenvalue weighted by atomic mass is 35.5. The van der Waals surface area contributed by atoms with Gasteiger partial charge in [0.2, 0.25) is 11.8 Å². The van der Waals surface area contributed by atoms with Crippen LogP contribution in [0.1, 0.15) is 74.0 Å². The minimum absolute atomic E-state index is 0.0273. The first-order chi connectivity index (χ1) is 18.6. The van der Waals surface area contributed by atoms with Crippen LogP contribution in [0.2, 0.25) is 5.02 Å². The molecule has 1 aromatic heterocycles. The number of ether oxygens (including phenoxy) is 1. The minimum Gasteiger partial charge on any atom is -0.487 e. The molecule has 0 unspecified atom stereocenters. The van der Waals surface area contributed by atoms with Gasteiger partial charge in [-0.25, -0.2) is 4.68 Å². The quantitative estimate of drug-likeness (QED) is 0.494. The number of aryl methyl sites for hydroxylation is 1. The minimum atomic E-state index is -4.64. The molecule has 8 nitrogen and oxygen atoms in total. The fraction of sp³-hybridized carbons (Fsp3) is 0.630. The second-order valence-corrected chi connectivity index (χ2v) is 11.2. The summed E-state index contributed by atoms with van der Waals surface area (Å²) in [6.07, 6.45) is 0.976. The summed E-state index contributed by atoms with van der Waals surface area (Å²) < 4.78 is 47.5. The van der Waals surface area contributed by atoms with Gasteiger partial charge in [-0.05, 0) is 49.3 Å². The zero-order valence-corrected chi connectivity index (χ0v) is 22.9. The number of rotatable bonds is 6. The van der Waals surface area contributed by atoms with Crippen molar-refractivity contribution in [3.63, 3.8) is 0 Å². The lowest BCUT2D eigenvalue weighted by atomic mass is 9.78. The molecule has 3 heterocycles. The molecular weight excluding hydrogens is 535 g/mol. The third kappa shape index (κ3) is 5.47. The number of carbonyl (C=O) groups excluding carboxylic acids is 2. The summed E-state index contributed by atoms with van der Waals surface area (Å²) >= 11 is 6.62. The molecular formula is C27H33ClF3N5O3. The second-order valence-electron chi connectivity index (χ2n) is 10.8. The Morgan fingerprint density at radius 1 is 1.15 bits per heavy atom. The van der Waals surface area contributed by atoms with E-state index in [1.807, 2.05) is 4.90 Å². The molecule has 2 amide bonds. The van der Waals surface area contributed by atoms with Crippen LogP contribution < -0.4 is 4.74 Å². The van der Waals surface area contributed by atoms with Gasteiger partial charge in [0.25, 0.3) is 0 Å². The number of carbonyl (C=O) groups is 2. The van der Waals surface area contributed by atoms with Gasteiger partial charge in [0.1, 0.15) is 18.1 Å². The van der Waals surface area contributed by atoms with Crippen molar-refractivity contribution in [3.8, 4) is 5.75 Å². The molecule has 2 aromatic rings. The summed E-state index contributed by atoms with van der Waals surface area (Å²) in [4.78, 5) is 30.2. The third-order valence-corrected chi connectivity index (χ3v) is 8.73. The smallest absolute Gasteiger partial charge is 0.435 e. The zero-order valence-electron chi connectivity index (χ0n) is 22.1. The van der Waals surface area contributed by atoms with Gasteiger partial charge in [0, 0.05) is 49.6 Å². The zero-order chi connectivity index (χ0) is 27.9. The lowest BCUT2D eigenvalue weighted by molar-refractivity contribution is -0.145. The first-order valence-electron chi connectivity index (χ1n) is 13.5. The molecule has 3 aliphatic rings. The van der Waals surface area contributed by atoms with Gasteiger partial charge < -0.3 is 14.5 Å². The number of likely N-dealkylation sites (tertiary alicyclic amines) is 1. The Labute approximate surface area is 230 Å². The highest BCUT2D eigenvalue weighted by Gasteiger charge is 2.42. The average Bonchev–Trinajstić information content (AvgIpc) is 3.48. The summed E-state index contributed by atoms with van der Waals surface area (Å²) in [6, 6.07) is 2.77. The first kappa shape index (κ1) is 27.7. The molecule has 3 atom stereocenters. The van der Waals surface area contributed by atoms with Crippen LogP contribution in [-0.4, -0.2) is 56.2 Å². The number of nitrogens with zero attached hydrogens (tertiary/aromatic N) is 5. The molecule has 12 heteroatoms. The number of alkyl halides is 3. The predicted molar refractivity (Wildman–Crippen MR) is 137 cm³/mol. The maximum absolute atomic E-state index is 14.0. The van der Waals surface area contributed by atoms with E-state index in [9.17, 15) is 22.8 Å². The van der Waals surface area contributed by atoms with Gasteiger partial charge in [-0.15, -0.1) is 5.10 Å². The predicted octanol–water partition coefficient (Wildman–Crippen LogP) is 4.94. The van der Waals surface area contributed by atoms with Crippen LogP contribution in [0.4, 0.5) is 13.2 Å². The molecule has 0 N–H and O–H groups in total. The molecule has 0 radical (unpaired) electrons. The molecule has 2 fully saturated rings. The first-order valence-corrected chi connectivity index (χ1v) is 13.9. The van der Waals surface area contributed by atoms with Crippen molar-refractivity contribution in [3.05, 3.63) is 39.7 Å². The Morgan fingerprint density at radius 3 is 2.62 bits per heavy atom. The number of hydrogen-bond acceptors (Lipinski definition) is 5. The Morgan fingerprint density at radius 2 is 1.92 bits per heavy atom. The second kappa shape index (κ2) is 11.0. The van der Waals surface area contributed by atoms with Gasteiger partial charge in [-0.3, -0.25) is 9.59 Å². The van der Waals surface area contributed by atoms with Gasteiger partial charge in [0.05, 0.1) is 6.04 Å². The van der Waals surface area contributed by atoms with Gasteiger partial charge in [0.15, 0.2) is 5.69 Å². The third-order valence-electron chi connectivity index (χ3n) is 8.38. The number of benzene rings is 1. The van der Waals surface area contributed by atoms with Crippen LogP contribution in [0.15, 0.2) is 12.1 Å². The Bertz CT molecular complexity index is 1250. The van der Waals surface area contributed by atoms with Crippen molar-refractivity contribution in [2.45, 2.75) is 70.7 Å². The molecule has 2 aliphatic heterocycles. The average molecular weight is 568 g/mol. The van der Waals surface area contributed by atoms with Crippen molar-refractivity contribution in [1.29, 1.82) is 0 Å². The molecule has 39 heavy (non-hydrogen) atoms. The maximum Gasteiger partial charge on any atom is 0.435 e. The van der Waals surface area contributed by atoms with Crippen molar-refractivity contribution >= 4 is 23.4 Å². The lowest BCUT2D eigenvalue weighted by Gasteiger charge is -2.43. The van der Waals surface area contributed by atoms with Crippen molar-refractivity contribution < 1.29 is 27.5 Å². The van der Waals surface area contributed by atoms with Gasteiger partial charge in [-0.2, -0.15) is 13.2 Å². The topological polar surface area (TPSA) is 80.6 Å². The Hall–Kier alpha value is -2.82. The van der Waals surface area contributed by atoms with Crippen LogP contribution in [0.25, 0.3) is 0 Å². The SMILES string of the molecule is C[C@H]1CCCC[C@H]1C(=O)N1CCc2c(Cl)ccc(OCc3nnn(C)c3C(F)(F)F)c2[C@H]1CN1CCCC1=O. The summed E-state index contributed by atoms with van der Waals surface area (Å²) in [5.41, 5.74) is 0.136. The molecule has 1 aromatic carbocycles. The highest BCUT2D eigenvalue weighted by Crippen LogP contribution is 2.43. The fourth-order valence-corrected chi connectivity index (χ4v) is 6.61. The summed E-state index contributed by atoms with van der Waals surface area (Å²) in [5.74, 6) is 0.575. The lowest BCUT2D eigenvalue weighted by Crippen LogP contribution is -2.49. The summed E-state index contributed by atoms with van der Waals surface area (Å²) in [5, 5.41) is 7.71. The maximum atomic E-state index is 14.0. The molecule has 212 valence electrons. The largest absolute Gasteiger partial charge is 0.487 e. The van der Waals surface area contributed by atoms with E-state index < -0.39 is 24.5 Å². The summed E-state index contributed by atoms with van der Waals surface area (Å²) in [7, 11) is 1.18. The molecule has 1 saturated carbocycles. The Balaban J connectivity index is 1.51. The van der Waals surface area contributed by atoms with Crippen LogP contribution in [0, 0.1) is 11.8 Å². The highest BCUT2D eigenvalue weighted by molar-refractivity contribution is 6.31. The van der Waals surface area contributed by atoms with Crippen molar-refractivity contribution in [1.82, 2.24) is 24.8 Å². The van der Waals surface area contributed by atoms with E-state index in [1.165, 1.54) is 7.05 Å². The van der Waals surface area contributed by atoms with Gasteiger partial charge >= 0.3 is 6.18 Å². The molecule has 0 bridgehead atoms. The molecule has 5 rings (SSSR count). The summed E-state index contributed by atoms with van der Waals surface area (Å²) in [6.45, 7) is 2.99. The van der Waals surface area contributed by atoms with Gasteiger partial charge in [-0.1, -0.05) is 36.6 Å². The van der Waals surface area contributed by atoms with Crippen LogP contribution in [0.5, 0.6) is 5.75 Å². The van der Waals surface area contributed by atoms with E-state index in [0.717, 1.165) is 37.7 Å². The van der Waals surface area contributed by atoms with Crippen molar-refractivity contribution in [2.24, 2.45) is 18.9 Å². The number of fused-ring (bicyclic) bond motifs is 1. The van der Waals surface area contributed by atoms with Crippen LogP contribution >= 0.6 is 11.6 Å². The Kier molecular flexibility index (Phi) is 7.81. The standard InChI is InChI=1S/C27H33ClF3N5O3/c1-16-6-3-4-7-17(16)26(38)36-13-11-18-19(28)9-10-22(24(18)21(36)14-35-12-5-8-23(35)37)39-15-20-25(27(29,30)31)34(2)33-32-20/h9-10,16-17,21H,3-8,11-15H2,1-2H3/t16-,17+,21+/m0/s1. The van der Waals surface area contributed by atoms with E-state index >= 15 is 0 Å². The number of hydrogen-bond donors (Lipinski definition) is 0. The van der Waals surface area contributed by atoms with E-state index in [-0.39, 0.29) is 35.9 Å². The van der Waals surface area contributed by atoms with E-state index in [1.54, 1.807) is 17.0 Å². The molecule has 1 saturated heterocycles. The van der Waals surface area contributed by atoms with Crippen LogP contribution in [-0.2, 0) is 35.8 Å². The normalized spacial score (nSPS) is 23.7. The van der Waals surface area contributed by atoms with E-state index in [2.05, 4.69) is 17.2 Å². The molecule has 0 spiro atoms. The fourth-order valence-electron chi connectivity index (χ4n) is 6.35. The monoisotopic (exact) mass is 567 g/mol. The number of aromatic nitrogens is 3. The number of amides is 2. The van der Waals surface area contributed by atoms with Crippen LogP contribution in [0.3, 0.4) is 0 Å². The van der Waals surface area contributed by atoms with E-state index in [4.69, 9.17) is 16.3 Å². The molecule has 1 aliphatic carbocycles. The van der Waals surface area contributed by atoms with E-state index in [0.29, 0.717) is 46.9 Å². The van der Waals surface area contributed by atoms with Crippen molar-refractivity contribution in [2.75, 3.05) is 19.6 Å².